The predicted octanol–water partition coefficient (Wildman–Crippen LogP) is 3.02. The van der Waals surface area contributed by atoms with Gasteiger partial charge < -0.3 is 4.18 Å². The molecule has 0 heterocycles. The lowest BCUT2D eigenvalue weighted by Crippen LogP contribution is -2.51. The average Bonchev–Trinajstić information content (AvgIpc) is 2.44. The van der Waals surface area contributed by atoms with E-state index in [1.807, 2.05) is 13.8 Å². The summed E-state index contributed by atoms with van der Waals surface area (Å²) in [5.41, 5.74) is 0.761. The zero-order chi connectivity index (χ0) is 19.6. The first-order chi connectivity index (χ1) is 11.2. The smallest absolute Gasteiger partial charge is 0.343 e. The highest BCUT2D eigenvalue weighted by Gasteiger charge is 2.63. The lowest BCUT2D eigenvalue weighted by Gasteiger charge is -2.23. The molecule has 0 saturated heterocycles. The Labute approximate surface area is 142 Å². The summed E-state index contributed by atoms with van der Waals surface area (Å²) in [6.45, 7) is 3.76. The van der Waals surface area contributed by atoms with Crippen molar-refractivity contribution in [2.24, 2.45) is 0 Å². The Morgan fingerprint density at radius 1 is 1.12 bits per heavy atom. The molecule has 144 valence electrons. The normalized spacial score (nSPS) is 15.8. The zero-order valence-electron chi connectivity index (χ0n) is 13.1. The van der Waals surface area contributed by atoms with Gasteiger partial charge in [0, 0.05) is 0 Å². The molecule has 0 saturated carbocycles. The van der Waals surface area contributed by atoms with Crippen molar-refractivity contribution in [1.29, 1.82) is 0 Å². The maximum absolute atomic E-state index is 13.4. The van der Waals surface area contributed by atoms with Gasteiger partial charge in [0.2, 0.25) is 0 Å². The predicted molar refractivity (Wildman–Crippen MR) is 81.0 cm³/mol. The summed E-state index contributed by atoms with van der Waals surface area (Å²) in [6, 6.07) is 4.93. The Morgan fingerprint density at radius 3 is 1.96 bits per heavy atom. The molecular formula is C13H16F4O6S2. The first-order valence-electron chi connectivity index (χ1n) is 6.89. The quantitative estimate of drug-likeness (QED) is 0.403. The summed E-state index contributed by atoms with van der Waals surface area (Å²) in [4.78, 5) is 0. The van der Waals surface area contributed by atoms with E-state index >= 15 is 0 Å². The second-order valence-corrected chi connectivity index (χ2v) is 8.70. The van der Waals surface area contributed by atoms with Crippen LogP contribution in [0.25, 0.3) is 0 Å². The number of hydrogen-bond donors (Lipinski definition) is 1. The van der Waals surface area contributed by atoms with Crippen molar-refractivity contribution in [1.82, 2.24) is 0 Å². The Kier molecular flexibility index (Phi) is 6.46. The molecule has 0 aromatic heterocycles. The highest BCUT2D eigenvalue weighted by atomic mass is 32.3. The van der Waals surface area contributed by atoms with Crippen LogP contribution >= 0.6 is 0 Å². The van der Waals surface area contributed by atoms with Crippen LogP contribution in [-0.4, -0.2) is 38.3 Å². The highest BCUT2D eigenvalue weighted by molar-refractivity contribution is 8.04. The summed E-state index contributed by atoms with van der Waals surface area (Å²) in [5, 5.41) is 0. The van der Waals surface area contributed by atoms with Gasteiger partial charge in [-0.15, -0.1) is 0 Å². The number of halogens is 4. The third-order valence-corrected chi connectivity index (χ3v) is 6.97. The number of alkyl halides is 4. The SMILES string of the molecule is CCC(C)c1ccc(OS(=O)(=O)C(C(F)(F)C(F)F)S(=O)(=O)O)cc1. The monoisotopic (exact) mass is 408 g/mol. The van der Waals surface area contributed by atoms with Crippen molar-refractivity contribution in [3.8, 4) is 5.75 Å². The first kappa shape index (κ1) is 21.6. The standard InChI is InChI=1S/C13H16F4O6S2/c1-3-8(2)9-4-6-10(7-5-9)23-25(21,22)12(24(18,19)20)13(16,17)11(14)15/h4-8,11-12H,3H2,1-2H3,(H,18,19,20). The third kappa shape index (κ3) is 5.05. The van der Waals surface area contributed by atoms with Crippen molar-refractivity contribution in [3.63, 3.8) is 0 Å². The lowest BCUT2D eigenvalue weighted by molar-refractivity contribution is -0.119. The second kappa shape index (κ2) is 7.46. The second-order valence-electron chi connectivity index (χ2n) is 5.28. The number of benzene rings is 1. The Bertz CT molecular complexity index is 790. The molecule has 0 fully saturated rings. The maximum atomic E-state index is 13.4. The molecule has 12 heteroatoms. The van der Waals surface area contributed by atoms with Crippen molar-refractivity contribution in [2.45, 2.75) is 43.1 Å². The van der Waals surface area contributed by atoms with Gasteiger partial charge in [0.25, 0.3) is 14.7 Å². The van der Waals surface area contributed by atoms with Gasteiger partial charge >= 0.3 is 22.5 Å². The number of hydrogen-bond acceptors (Lipinski definition) is 5. The molecule has 0 radical (unpaired) electrons. The Balaban J connectivity index is 3.25. The lowest BCUT2D eigenvalue weighted by atomic mass is 9.99. The van der Waals surface area contributed by atoms with Crippen LogP contribution in [0.5, 0.6) is 5.75 Å². The highest BCUT2D eigenvalue weighted by Crippen LogP contribution is 2.35. The van der Waals surface area contributed by atoms with Gasteiger partial charge in [-0.05, 0) is 30.0 Å². The van der Waals surface area contributed by atoms with Crippen LogP contribution in [0.4, 0.5) is 17.6 Å². The van der Waals surface area contributed by atoms with Crippen LogP contribution in [0.2, 0.25) is 0 Å². The molecule has 0 bridgehead atoms. The van der Waals surface area contributed by atoms with Crippen molar-refractivity contribution in [3.05, 3.63) is 29.8 Å². The Morgan fingerprint density at radius 2 is 1.60 bits per heavy atom. The van der Waals surface area contributed by atoms with E-state index in [9.17, 15) is 34.4 Å². The largest absolute Gasteiger partial charge is 0.381 e. The molecule has 0 aliphatic rings. The summed E-state index contributed by atoms with van der Waals surface area (Å²) >= 11 is 0. The fraction of sp³-hybridized carbons (Fsp3) is 0.538. The molecule has 2 unspecified atom stereocenters. The van der Waals surface area contributed by atoms with Gasteiger partial charge in [-0.2, -0.15) is 25.6 Å². The molecule has 0 spiro atoms. The molecule has 2 atom stereocenters. The van der Waals surface area contributed by atoms with E-state index in [-0.39, 0.29) is 5.92 Å². The molecule has 1 aromatic rings. The van der Waals surface area contributed by atoms with Gasteiger partial charge in [-0.3, -0.25) is 4.55 Å². The molecule has 6 nitrogen and oxygen atoms in total. The van der Waals surface area contributed by atoms with E-state index in [4.69, 9.17) is 4.55 Å². The van der Waals surface area contributed by atoms with E-state index in [2.05, 4.69) is 4.18 Å². The Hall–Kier alpha value is -1.40. The van der Waals surface area contributed by atoms with Gasteiger partial charge in [0.15, 0.2) is 0 Å². The van der Waals surface area contributed by atoms with Gasteiger partial charge in [0.05, 0.1) is 0 Å². The van der Waals surface area contributed by atoms with Gasteiger partial charge in [-0.25, -0.2) is 8.78 Å². The number of rotatable bonds is 8. The molecule has 1 rings (SSSR count). The summed E-state index contributed by atoms with van der Waals surface area (Å²) in [5.74, 6) is -6.05. The van der Waals surface area contributed by atoms with E-state index < -0.39 is 42.9 Å². The fourth-order valence-electron chi connectivity index (χ4n) is 1.91. The van der Waals surface area contributed by atoms with Gasteiger partial charge in [-0.1, -0.05) is 26.0 Å². The van der Waals surface area contributed by atoms with Crippen LogP contribution in [0, 0.1) is 0 Å². The third-order valence-electron chi connectivity index (χ3n) is 3.41. The van der Waals surface area contributed by atoms with E-state index in [1.165, 1.54) is 12.1 Å². The molecule has 0 amide bonds. The minimum absolute atomic E-state index is 0.0967. The minimum Gasteiger partial charge on any atom is -0.381 e. The summed E-state index contributed by atoms with van der Waals surface area (Å²) in [6.07, 6.45) is -3.91. The molecule has 1 N–H and O–H groups in total. The van der Waals surface area contributed by atoms with Crippen molar-refractivity contribution in [2.75, 3.05) is 0 Å². The molecule has 1 aromatic carbocycles. The van der Waals surface area contributed by atoms with E-state index in [1.54, 1.807) is 0 Å². The fourth-order valence-corrected chi connectivity index (χ4v) is 4.67. The van der Waals surface area contributed by atoms with Crippen molar-refractivity contribution >= 4 is 20.2 Å². The molecule has 25 heavy (non-hydrogen) atoms. The van der Waals surface area contributed by atoms with Crippen LogP contribution in [0.3, 0.4) is 0 Å². The summed E-state index contributed by atoms with van der Waals surface area (Å²) in [7, 11) is -12.0. The average molecular weight is 408 g/mol. The topological polar surface area (TPSA) is 97.7 Å². The van der Waals surface area contributed by atoms with Crippen LogP contribution < -0.4 is 4.18 Å². The zero-order valence-corrected chi connectivity index (χ0v) is 14.7. The van der Waals surface area contributed by atoms with E-state index in [0.29, 0.717) is 0 Å². The first-order valence-corrected chi connectivity index (χ1v) is 9.86. The van der Waals surface area contributed by atoms with Crippen LogP contribution in [-0.2, 0) is 20.2 Å². The molecule has 0 aliphatic heterocycles. The van der Waals surface area contributed by atoms with Gasteiger partial charge in [0.1, 0.15) is 5.75 Å². The van der Waals surface area contributed by atoms with Crippen LogP contribution in [0.1, 0.15) is 31.7 Å². The van der Waals surface area contributed by atoms with Crippen molar-refractivity contribution < 1.29 is 43.1 Å². The summed E-state index contributed by atoms with van der Waals surface area (Å²) < 4.78 is 106. The molecule has 0 aliphatic carbocycles. The minimum atomic E-state index is -6.11. The molecular weight excluding hydrogens is 392 g/mol. The van der Waals surface area contributed by atoms with E-state index in [0.717, 1.165) is 24.1 Å². The van der Waals surface area contributed by atoms with Crippen LogP contribution in [0.15, 0.2) is 24.3 Å². The maximum Gasteiger partial charge on any atom is 0.343 e.